The molecule has 1 atom stereocenters. The van der Waals surface area contributed by atoms with Gasteiger partial charge in [0, 0.05) is 19.6 Å². The predicted octanol–water partition coefficient (Wildman–Crippen LogP) is 1.03. The summed E-state index contributed by atoms with van der Waals surface area (Å²) >= 11 is 0. The molecule has 0 radical (unpaired) electrons. The Morgan fingerprint density at radius 1 is 1.31 bits per heavy atom. The SMILES string of the molecule is CCOC(=O)C1(COS(C)(=O)=O)CN(Cc2ccccc2)CC1=NOC. The van der Waals surface area contributed by atoms with Crippen molar-refractivity contribution in [1.29, 1.82) is 0 Å². The van der Waals surface area contributed by atoms with Gasteiger partial charge in [-0.1, -0.05) is 35.5 Å². The summed E-state index contributed by atoms with van der Waals surface area (Å²) in [5, 5.41) is 3.97. The first-order chi connectivity index (χ1) is 12.3. The normalized spacial score (nSPS) is 22.5. The molecule has 0 saturated carbocycles. The summed E-state index contributed by atoms with van der Waals surface area (Å²) in [6.45, 7) is 2.61. The molecular weight excluding hydrogens is 360 g/mol. The molecule has 1 fully saturated rings. The second kappa shape index (κ2) is 8.61. The van der Waals surface area contributed by atoms with Crippen molar-refractivity contribution in [3.8, 4) is 0 Å². The standard InChI is InChI=1S/C17H24N2O6S/c1-4-24-16(20)17(13-25-26(3,21)22)12-19(11-15(17)18-23-2)10-14-8-6-5-7-9-14/h5-9H,4,10-13H2,1-3H3. The minimum atomic E-state index is -3.74. The Morgan fingerprint density at radius 3 is 2.58 bits per heavy atom. The van der Waals surface area contributed by atoms with Crippen LogP contribution in [0.4, 0.5) is 0 Å². The van der Waals surface area contributed by atoms with Crippen LogP contribution in [0.1, 0.15) is 12.5 Å². The Bertz CT molecular complexity index is 750. The number of likely N-dealkylation sites (tertiary alicyclic amines) is 1. The van der Waals surface area contributed by atoms with E-state index in [2.05, 4.69) is 5.16 Å². The summed E-state index contributed by atoms with van der Waals surface area (Å²) in [7, 11) is -2.36. The van der Waals surface area contributed by atoms with Crippen LogP contribution in [0.3, 0.4) is 0 Å². The fraction of sp³-hybridized carbons (Fsp3) is 0.529. The molecule has 0 aliphatic carbocycles. The van der Waals surface area contributed by atoms with E-state index < -0.39 is 21.5 Å². The quantitative estimate of drug-likeness (QED) is 0.375. The van der Waals surface area contributed by atoms with Crippen molar-refractivity contribution in [3.63, 3.8) is 0 Å². The van der Waals surface area contributed by atoms with Crippen LogP contribution in [-0.2, 0) is 35.2 Å². The minimum Gasteiger partial charge on any atom is -0.465 e. The molecule has 1 aromatic carbocycles. The van der Waals surface area contributed by atoms with Gasteiger partial charge in [0.1, 0.15) is 12.5 Å². The number of oxime groups is 1. The molecule has 8 nitrogen and oxygen atoms in total. The smallest absolute Gasteiger partial charge is 0.321 e. The van der Waals surface area contributed by atoms with E-state index >= 15 is 0 Å². The zero-order valence-electron chi connectivity index (χ0n) is 15.2. The van der Waals surface area contributed by atoms with Crippen molar-refractivity contribution in [2.45, 2.75) is 13.5 Å². The van der Waals surface area contributed by atoms with E-state index in [0.29, 0.717) is 18.8 Å². The molecule has 0 aromatic heterocycles. The van der Waals surface area contributed by atoms with Crippen LogP contribution < -0.4 is 0 Å². The maximum absolute atomic E-state index is 12.7. The van der Waals surface area contributed by atoms with Gasteiger partial charge in [-0.2, -0.15) is 8.42 Å². The summed E-state index contributed by atoms with van der Waals surface area (Å²) in [6.07, 6.45) is 0.940. The fourth-order valence-electron chi connectivity index (χ4n) is 2.92. The number of hydrogen-bond acceptors (Lipinski definition) is 8. The van der Waals surface area contributed by atoms with Gasteiger partial charge in [0.2, 0.25) is 0 Å². The van der Waals surface area contributed by atoms with Gasteiger partial charge in [-0.25, -0.2) is 0 Å². The number of rotatable bonds is 8. The number of nitrogens with zero attached hydrogens (tertiary/aromatic N) is 2. The lowest BCUT2D eigenvalue weighted by molar-refractivity contribution is -0.152. The number of benzene rings is 1. The van der Waals surface area contributed by atoms with Gasteiger partial charge in [0.05, 0.1) is 25.2 Å². The monoisotopic (exact) mass is 384 g/mol. The zero-order chi connectivity index (χ0) is 19.2. The van der Waals surface area contributed by atoms with Crippen LogP contribution in [0, 0.1) is 5.41 Å². The van der Waals surface area contributed by atoms with E-state index in [4.69, 9.17) is 13.8 Å². The molecular formula is C17H24N2O6S. The maximum Gasteiger partial charge on any atom is 0.321 e. The molecule has 26 heavy (non-hydrogen) atoms. The minimum absolute atomic E-state index is 0.165. The third-order valence-electron chi connectivity index (χ3n) is 4.06. The van der Waals surface area contributed by atoms with Crippen molar-refractivity contribution in [1.82, 2.24) is 4.90 Å². The largest absolute Gasteiger partial charge is 0.465 e. The summed E-state index contributed by atoms with van der Waals surface area (Å²) in [6, 6.07) is 9.74. The highest BCUT2D eigenvalue weighted by Crippen LogP contribution is 2.32. The van der Waals surface area contributed by atoms with Crippen LogP contribution in [0.5, 0.6) is 0 Å². The van der Waals surface area contributed by atoms with Crippen molar-refractivity contribution in [2.75, 3.05) is 39.7 Å². The van der Waals surface area contributed by atoms with Crippen molar-refractivity contribution in [2.24, 2.45) is 10.6 Å². The lowest BCUT2D eigenvalue weighted by Gasteiger charge is -2.26. The van der Waals surface area contributed by atoms with Crippen LogP contribution in [-0.4, -0.2) is 64.7 Å². The molecule has 1 saturated heterocycles. The Kier molecular flexibility index (Phi) is 6.74. The van der Waals surface area contributed by atoms with E-state index in [-0.39, 0.29) is 19.8 Å². The Hall–Kier alpha value is -1.97. The molecule has 144 valence electrons. The van der Waals surface area contributed by atoms with Crippen LogP contribution in [0.25, 0.3) is 0 Å². The number of carbonyl (C=O) groups excluding carboxylic acids is 1. The first kappa shape index (κ1) is 20.3. The lowest BCUT2D eigenvalue weighted by Crippen LogP contribution is -2.45. The number of carbonyl (C=O) groups is 1. The Labute approximate surface area is 153 Å². The molecule has 2 rings (SSSR count). The molecule has 0 N–H and O–H groups in total. The summed E-state index contributed by atoms with van der Waals surface area (Å²) < 4.78 is 33.1. The number of ether oxygens (including phenoxy) is 1. The van der Waals surface area contributed by atoms with E-state index in [1.807, 2.05) is 35.2 Å². The van der Waals surface area contributed by atoms with Gasteiger partial charge in [-0.15, -0.1) is 0 Å². The third kappa shape index (κ3) is 5.03. The zero-order valence-corrected chi connectivity index (χ0v) is 16.0. The first-order valence-corrected chi connectivity index (χ1v) is 10.0. The van der Waals surface area contributed by atoms with E-state index in [0.717, 1.165) is 11.8 Å². The molecule has 0 amide bonds. The molecule has 0 spiro atoms. The second-order valence-electron chi connectivity index (χ2n) is 6.12. The fourth-order valence-corrected chi connectivity index (χ4v) is 3.33. The summed E-state index contributed by atoms with van der Waals surface area (Å²) in [5.74, 6) is -0.574. The lowest BCUT2D eigenvalue weighted by atomic mass is 9.86. The molecule has 1 aliphatic rings. The second-order valence-corrected chi connectivity index (χ2v) is 7.76. The van der Waals surface area contributed by atoms with Gasteiger partial charge in [-0.05, 0) is 12.5 Å². The van der Waals surface area contributed by atoms with Gasteiger partial charge >= 0.3 is 5.97 Å². The van der Waals surface area contributed by atoms with E-state index in [1.54, 1.807) is 6.92 Å². The Morgan fingerprint density at radius 2 is 2.00 bits per heavy atom. The summed E-state index contributed by atoms with van der Waals surface area (Å²) in [5.41, 5.74) is 0.121. The highest BCUT2D eigenvalue weighted by atomic mass is 32.2. The molecule has 9 heteroatoms. The third-order valence-corrected chi connectivity index (χ3v) is 4.60. The molecule has 1 heterocycles. The molecule has 1 unspecified atom stereocenters. The van der Waals surface area contributed by atoms with Crippen LogP contribution in [0.2, 0.25) is 0 Å². The number of hydrogen-bond donors (Lipinski definition) is 0. The van der Waals surface area contributed by atoms with Crippen molar-refractivity contribution >= 4 is 21.8 Å². The Balaban J connectivity index is 2.32. The topological polar surface area (TPSA) is 94.5 Å². The average Bonchev–Trinajstić information content (AvgIpc) is 2.92. The predicted molar refractivity (Wildman–Crippen MR) is 96.0 cm³/mol. The van der Waals surface area contributed by atoms with Gasteiger partial charge in [-0.3, -0.25) is 13.9 Å². The van der Waals surface area contributed by atoms with Gasteiger partial charge < -0.3 is 9.57 Å². The van der Waals surface area contributed by atoms with E-state index in [9.17, 15) is 13.2 Å². The van der Waals surface area contributed by atoms with Crippen molar-refractivity contribution < 1.29 is 27.0 Å². The molecule has 1 aromatic rings. The first-order valence-electron chi connectivity index (χ1n) is 8.19. The van der Waals surface area contributed by atoms with E-state index in [1.165, 1.54) is 7.11 Å². The van der Waals surface area contributed by atoms with Crippen LogP contribution in [0.15, 0.2) is 35.5 Å². The summed E-state index contributed by atoms with van der Waals surface area (Å²) in [4.78, 5) is 19.6. The highest BCUT2D eigenvalue weighted by molar-refractivity contribution is 7.85. The number of esters is 1. The average molecular weight is 384 g/mol. The van der Waals surface area contributed by atoms with Crippen LogP contribution >= 0.6 is 0 Å². The maximum atomic E-state index is 12.7. The van der Waals surface area contributed by atoms with Gasteiger partial charge in [0.25, 0.3) is 10.1 Å². The highest BCUT2D eigenvalue weighted by Gasteiger charge is 2.53. The molecule has 0 bridgehead atoms. The van der Waals surface area contributed by atoms with Crippen molar-refractivity contribution in [3.05, 3.63) is 35.9 Å². The molecule has 1 aliphatic heterocycles. The van der Waals surface area contributed by atoms with Gasteiger partial charge in [0.15, 0.2) is 0 Å².